The molecule has 0 bridgehead atoms. The summed E-state index contributed by atoms with van der Waals surface area (Å²) in [6, 6.07) is 13.9. The lowest BCUT2D eigenvalue weighted by Gasteiger charge is -2.14. The second kappa shape index (κ2) is 11.8. The minimum atomic E-state index is -3.88. The van der Waals surface area contributed by atoms with Crippen molar-refractivity contribution in [3.05, 3.63) is 82.4 Å². The van der Waals surface area contributed by atoms with Crippen LogP contribution in [0.4, 0.5) is 4.39 Å². The van der Waals surface area contributed by atoms with Crippen LogP contribution in [-0.4, -0.2) is 36.2 Å². The van der Waals surface area contributed by atoms with Gasteiger partial charge in [-0.15, -0.1) is 0 Å². The van der Waals surface area contributed by atoms with Crippen molar-refractivity contribution in [3.63, 3.8) is 0 Å². The van der Waals surface area contributed by atoms with E-state index >= 15 is 0 Å². The summed E-state index contributed by atoms with van der Waals surface area (Å²) in [6.07, 6.45) is 5.33. The molecule has 0 saturated heterocycles. The first-order valence-electron chi connectivity index (χ1n) is 13.7. The summed E-state index contributed by atoms with van der Waals surface area (Å²) in [5.74, 6) is -0.437. The number of carbonyl (C=O) groups excluding carboxylic acids is 1. The number of methoxy groups -OCH3 is 1. The van der Waals surface area contributed by atoms with Gasteiger partial charge in [0.25, 0.3) is 5.91 Å². The number of aryl methyl sites for hydroxylation is 1. The Balaban J connectivity index is 1.78. The molecule has 2 aromatic heterocycles. The van der Waals surface area contributed by atoms with Gasteiger partial charge in [-0.05, 0) is 61.4 Å². The molecule has 0 spiro atoms. The Morgan fingerprint density at radius 2 is 1.95 bits per heavy atom. The molecule has 10 heteroatoms. The molecular formula is C31H33ClFN3O4S. The van der Waals surface area contributed by atoms with Gasteiger partial charge in [0, 0.05) is 33.8 Å². The standard InChI is InChI=1S/C31H33ClFN3O4S/c1-19(2)7-6-8-20-11-14-27-24(15-20)28(25-16-22(32)17-34-31(25)40-3)29(30(37)35-41(38,39)23-12-13-23)36(27)18-21-9-4-5-10-26(21)33/h4-5,9-11,14-17,19,23H,6-8,12-13,18H2,1-3H3,(H,35,37). The van der Waals surface area contributed by atoms with Crippen LogP contribution in [0.1, 0.15) is 61.1 Å². The third kappa shape index (κ3) is 6.26. The number of pyridine rings is 1. The summed E-state index contributed by atoms with van der Waals surface area (Å²) in [4.78, 5) is 18.3. The first kappa shape index (κ1) is 29.1. The van der Waals surface area contributed by atoms with Crippen LogP contribution in [0.25, 0.3) is 22.0 Å². The summed E-state index contributed by atoms with van der Waals surface area (Å²) in [6.45, 7) is 4.37. The Kier molecular flexibility index (Phi) is 8.38. The zero-order valence-electron chi connectivity index (χ0n) is 23.3. The Bertz CT molecular complexity index is 1710. The van der Waals surface area contributed by atoms with Crippen LogP contribution in [-0.2, 0) is 23.0 Å². The van der Waals surface area contributed by atoms with E-state index in [4.69, 9.17) is 16.3 Å². The van der Waals surface area contributed by atoms with Crippen LogP contribution in [0.2, 0.25) is 5.02 Å². The molecule has 0 atom stereocenters. The molecule has 5 rings (SSSR count). The Hall–Kier alpha value is -3.43. The van der Waals surface area contributed by atoms with E-state index in [2.05, 4.69) is 23.6 Å². The Morgan fingerprint density at radius 3 is 2.63 bits per heavy atom. The fourth-order valence-corrected chi connectivity index (χ4v) is 6.59. The number of nitrogens with zero attached hydrogens (tertiary/aromatic N) is 2. The van der Waals surface area contributed by atoms with E-state index in [1.54, 1.807) is 28.8 Å². The Labute approximate surface area is 244 Å². The van der Waals surface area contributed by atoms with E-state index in [9.17, 15) is 17.6 Å². The maximum absolute atomic E-state index is 14.9. The van der Waals surface area contributed by atoms with Crippen molar-refractivity contribution in [3.8, 4) is 17.0 Å². The third-order valence-electron chi connectivity index (χ3n) is 7.35. The summed E-state index contributed by atoms with van der Waals surface area (Å²) >= 11 is 6.38. The molecule has 1 amide bonds. The summed E-state index contributed by atoms with van der Waals surface area (Å²) in [5, 5.41) is 0.412. The highest BCUT2D eigenvalue weighted by Gasteiger charge is 2.38. The SMILES string of the molecule is COc1ncc(Cl)cc1-c1c(C(=O)NS(=O)(=O)C2CC2)n(Cc2ccccc2F)c2ccc(CCCC(C)C)cc12. The second-order valence-corrected chi connectivity index (χ2v) is 13.3. The molecule has 1 saturated carbocycles. The molecule has 1 fully saturated rings. The van der Waals surface area contributed by atoms with Gasteiger partial charge in [0.2, 0.25) is 15.9 Å². The van der Waals surface area contributed by atoms with Crippen molar-refractivity contribution in [2.45, 2.75) is 57.7 Å². The van der Waals surface area contributed by atoms with Crippen molar-refractivity contribution in [1.29, 1.82) is 0 Å². The normalized spacial score (nSPS) is 13.6. The van der Waals surface area contributed by atoms with E-state index < -0.39 is 27.0 Å². The second-order valence-electron chi connectivity index (χ2n) is 10.9. The van der Waals surface area contributed by atoms with Gasteiger partial charge in [0.15, 0.2) is 0 Å². The minimum Gasteiger partial charge on any atom is -0.481 e. The van der Waals surface area contributed by atoms with Gasteiger partial charge in [-0.25, -0.2) is 22.5 Å². The largest absolute Gasteiger partial charge is 0.481 e. The molecule has 0 radical (unpaired) electrons. The predicted molar refractivity (Wildman–Crippen MR) is 159 cm³/mol. The van der Waals surface area contributed by atoms with E-state index in [1.807, 2.05) is 18.2 Å². The molecule has 0 aliphatic heterocycles. The first-order valence-corrected chi connectivity index (χ1v) is 15.7. The Morgan fingerprint density at radius 1 is 1.20 bits per heavy atom. The molecule has 41 heavy (non-hydrogen) atoms. The van der Waals surface area contributed by atoms with Crippen molar-refractivity contribution in [1.82, 2.24) is 14.3 Å². The lowest BCUT2D eigenvalue weighted by molar-refractivity contribution is 0.0974. The van der Waals surface area contributed by atoms with Gasteiger partial charge >= 0.3 is 0 Å². The van der Waals surface area contributed by atoms with E-state index in [0.29, 0.717) is 51.4 Å². The highest BCUT2D eigenvalue weighted by molar-refractivity contribution is 7.91. The number of sulfonamides is 1. The average Bonchev–Trinajstić information content (AvgIpc) is 3.74. The zero-order valence-corrected chi connectivity index (χ0v) is 24.9. The number of carbonyl (C=O) groups is 1. The zero-order chi connectivity index (χ0) is 29.3. The average molecular weight is 598 g/mol. The number of nitrogens with one attached hydrogen (secondary N) is 1. The fourth-order valence-electron chi connectivity index (χ4n) is 5.15. The number of hydrogen-bond donors (Lipinski definition) is 1. The number of rotatable bonds is 11. The first-order chi connectivity index (χ1) is 19.6. The molecule has 2 aromatic carbocycles. The van der Waals surface area contributed by atoms with Crippen LogP contribution in [0, 0.1) is 11.7 Å². The van der Waals surface area contributed by atoms with Crippen LogP contribution in [0.3, 0.4) is 0 Å². The van der Waals surface area contributed by atoms with E-state index in [1.165, 1.54) is 19.4 Å². The van der Waals surface area contributed by atoms with Gasteiger partial charge in [-0.1, -0.05) is 56.1 Å². The number of amides is 1. The minimum absolute atomic E-state index is 0.00158. The van der Waals surface area contributed by atoms with Crippen molar-refractivity contribution in [2.75, 3.05) is 7.11 Å². The van der Waals surface area contributed by atoms with Crippen LogP contribution in [0.15, 0.2) is 54.7 Å². The van der Waals surface area contributed by atoms with Crippen LogP contribution >= 0.6 is 11.6 Å². The molecular weight excluding hydrogens is 565 g/mol. The molecule has 1 N–H and O–H groups in total. The number of fused-ring (bicyclic) bond motifs is 1. The molecule has 1 aliphatic carbocycles. The van der Waals surface area contributed by atoms with Crippen LogP contribution < -0.4 is 9.46 Å². The molecule has 7 nitrogen and oxygen atoms in total. The van der Waals surface area contributed by atoms with E-state index in [-0.39, 0.29) is 18.1 Å². The van der Waals surface area contributed by atoms with Crippen molar-refractivity contribution >= 4 is 38.4 Å². The fraction of sp³-hybridized carbons (Fsp3) is 0.355. The van der Waals surface area contributed by atoms with Gasteiger partial charge in [0.1, 0.15) is 11.5 Å². The molecule has 4 aromatic rings. The summed E-state index contributed by atoms with van der Waals surface area (Å²) < 4.78 is 50.2. The molecule has 1 aliphatic rings. The lowest BCUT2D eigenvalue weighted by Crippen LogP contribution is -2.35. The summed E-state index contributed by atoms with van der Waals surface area (Å²) in [7, 11) is -2.42. The molecule has 0 unspecified atom stereocenters. The van der Waals surface area contributed by atoms with Gasteiger partial charge in [-0.3, -0.25) is 4.79 Å². The molecule has 2 heterocycles. The maximum Gasteiger partial charge on any atom is 0.282 e. The van der Waals surface area contributed by atoms with Gasteiger partial charge < -0.3 is 9.30 Å². The molecule has 216 valence electrons. The predicted octanol–water partition coefficient (Wildman–Crippen LogP) is 6.75. The van der Waals surface area contributed by atoms with Crippen molar-refractivity contribution in [2.24, 2.45) is 5.92 Å². The number of halogens is 2. The highest BCUT2D eigenvalue weighted by Crippen LogP contribution is 2.41. The highest BCUT2D eigenvalue weighted by atomic mass is 35.5. The third-order valence-corrected chi connectivity index (χ3v) is 9.38. The van der Waals surface area contributed by atoms with Gasteiger partial charge in [-0.2, -0.15) is 0 Å². The number of aromatic nitrogens is 2. The lowest BCUT2D eigenvalue weighted by atomic mass is 9.98. The maximum atomic E-state index is 14.9. The number of hydrogen-bond acceptors (Lipinski definition) is 5. The van der Waals surface area contributed by atoms with Crippen LogP contribution in [0.5, 0.6) is 5.88 Å². The summed E-state index contributed by atoms with van der Waals surface area (Å²) in [5.41, 5.74) is 2.99. The number of benzene rings is 2. The number of ether oxygens (including phenoxy) is 1. The quantitative estimate of drug-likeness (QED) is 0.206. The van der Waals surface area contributed by atoms with Crippen molar-refractivity contribution < 1.29 is 22.3 Å². The topological polar surface area (TPSA) is 90.3 Å². The van der Waals surface area contributed by atoms with Gasteiger partial charge in [0.05, 0.1) is 23.9 Å². The monoisotopic (exact) mass is 597 g/mol. The smallest absolute Gasteiger partial charge is 0.282 e. The van der Waals surface area contributed by atoms with E-state index in [0.717, 1.165) is 24.8 Å².